The van der Waals surface area contributed by atoms with Gasteiger partial charge in [0, 0.05) is 31.9 Å². The van der Waals surface area contributed by atoms with E-state index in [1.165, 1.54) is 7.11 Å². The molecule has 32 heavy (non-hydrogen) atoms. The van der Waals surface area contributed by atoms with Gasteiger partial charge >= 0.3 is 5.97 Å². The number of carbonyl (C=O) groups excluding carboxylic acids is 1. The van der Waals surface area contributed by atoms with E-state index in [0.29, 0.717) is 25.6 Å². The molecule has 1 aliphatic rings. The number of aromatic nitrogens is 1. The summed E-state index contributed by atoms with van der Waals surface area (Å²) in [7, 11) is 1.45. The standard InChI is InChI=1S/C24H32N4O4/c1-3-25-24(28-13-11-20(12-14-28)23(29)30-2)27-18-19-9-10-22(26-17-19)32-16-15-31-21-7-5-4-6-8-21/h4-10,17,20H,3,11-16,18H2,1-2H3,(H,25,27). The third-order valence-electron chi connectivity index (χ3n) is 5.22. The maximum absolute atomic E-state index is 11.7. The van der Waals surface area contributed by atoms with E-state index in [1.807, 2.05) is 49.4 Å². The summed E-state index contributed by atoms with van der Waals surface area (Å²) >= 11 is 0. The number of rotatable bonds is 9. The van der Waals surface area contributed by atoms with Crippen LogP contribution in [0, 0.1) is 5.92 Å². The predicted octanol–water partition coefficient (Wildman–Crippen LogP) is 2.89. The number of aliphatic imine (C=N–C) groups is 1. The van der Waals surface area contributed by atoms with Gasteiger partial charge in [-0.2, -0.15) is 0 Å². The predicted molar refractivity (Wildman–Crippen MR) is 123 cm³/mol. The summed E-state index contributed by atoms with van der Waals surface area (Å²) in [5.41, 5.74) is 0.998. The Balaban J connectivity index is 1.45. The highest BCUT2D eigenvalue weighted by atomic mass is 16.5. The number of methoxy groups -OCH3 is 1. The molecule has 0 bridgehead atoms. The van der Waals surface area contributed by atoms with Crippen LogP contribution in [-0.2, 0) is 16.1 Å². The van der Waals surface area contributed by atoms with Crippen molar-refractivity contribution < 1.29 is 19.0 Å². The number of piperidine rings is 1. The van der Waals surface area contributed by atoms with Gasteiger partial charge in [-0.3, -0.25) is 4.79 Å². The third-order valence-corrected chi connectivity index (χ3v) is 5.22. The van der Waals surface area contributed by atoms with Crippen molar-refractivity contribution in [3.05, 3.63) is 54.2 Å². The molecule has 2 heterocycles. The normalized spacial score (nSPS) is 14.7. The maximum atomic E-state index is 11.7. The van der Waals surface area contributed by atoms with Crippen molar-refractivity contribution in [1.82, 2.24) is 15.2 Å². The van der Waals surface area contributed by atoms with E-state index in [9.17, 15) is 4.79 Å². The number of esters is 1. The molecule has 0 aliphatic carbocycles. The van der Waals surface area contributed by atoms with Crippen LogP contribution in [0.1, 0.15) is 25.3 Å². The molecule has 1 aromatic heterocycles. The topological polar surface area (TPSA) is 85.3 Å². The number of pyridine rings is 1. The summed E-state index contributed by atoms with van der Waals surface area (Å²) in [4.78, 5) is 23.1. The Morgan fingerprint density at radius 3 is 2.53 bits per heavy atom. The van der Waals surface area contributed by atoms with Crippen LogP contribution >= 0.6 is 0 Å². The Hall–Kier alpha value is -3.29. The first-order valence-electron chi connectivity index (χ1n) is 11.1. The van der Waals surface area contributed by atoms with Crippen LogP contribution in [0.5, 0.6) is 11.6 Å². The zero-order valence-electron chi connectivity index (χ0n) is 18.8. The Labute approximate surface area is 189 Å². The van der Waals surface area contributed by atoms with Crippen molar-refractivity contribution in [2.75, 3.05) is 40.0 Å². The average Bonchev–Trinajstić information content (AvgIpc) is 2.85. The average molecular weight is 441 g/mol. The maximum Gasteiger partial charge on any atom is 0.308 e. The van der Waals surface area contributed by atoms with Gasteiger partial charge in [0.05, 0.1) is 19.6 Å². The second-order valence-electron chi connectivity index (χ2n) is 7.47. The van der Waals surface area contributed by atoms with E-state index in [1.54, 1.807) is 6.20 Å². The van der Waals surface area contributed by atoms with Crippen LogP contribution in [0.3, 0.4) is 0 Å². The Morgan fingerprint density at radius 1 is 1.12 bits per heavy atom. The molecule has 1 saturated heterocycles. The van der Waals surface area contributed by atoms with Crippen molar-refractivity contribution in [1.29, 1.82) is 0 Å². The van der Waals surface area contributed by atoms with E-state index >= 15 is 0 Å². The number of nitrogens with zero attached hydrogens (tertiary/aromatic N) is 3. The first-order valence-corrected chi connectivity index (χ1v) is 11.1. The lowest BCUT2D eigenvalue weighted by atomic mass is 9.97. The number of benzene rings is 1. The number of hydrogen-bond donors (Lipinski definition) is 1. The smallest absolute Gasteiger partial charge is 0.308 e. The number of hydrogen-bond acceptors (Lipinski definition) is 6. The van der Waals surface area contributed by atoms with Crippen LogP contribution in [-0.4, -0.2) is 61.8 Å². The summed E-state index contributed by atoms with van der Waals surface area (Å²) in [6, 6.07) is 13.5. The zero-order valence-corrected chi connectivity index (χ0v) is 18.8. The van der Waals surface area contributed by atoms with Crippen LogP contribution < -0.4 is 14.8 Å². The Morgan fingerprint density at radius 2 is 1.88 bits per heavy atom. The lowest BCUT2D eigenvalue weighted by Crippen LogP contribution is -2.46. The number of para-hydroxylation sites is 1. The summed E-state index contributed by atoms with van der Waals surface area (Å²) in [6.45, 7) is 5.78. The molecule has 0 radical (unpaired) electrons. The highest BCUT2D eigenvalue weighted by Crippen LogP contribution is 2.19. The largest absolute Gasteiger partial charge is 0.490 e. The third kappa shape index (κ3) is 7.14. The molecule has 1 aliphatic heterocycles. The molecular formula is C24H32N4O4. The number of likely N-dealkylation sites (tertiary alicyclic amines) is 1. The van der Waals surface area contributed by atoms with Crippen LogP contribution in [0.2, 0.25) is 0 Å². The molecule has 0 spiro atoms. The highest BCUT2D eigenvalue weighted by Gasteiger charge is 2.26. The minimum absolute atomic E-state index is 0.0195. The van der Waals surface area contributed by atoms with Crippen molar-refractivity contribution in [3.63, 3.8) is 0 Å². The SMILES string of the molecule is CCNC(=NCc1ccc(OCCOc2ccccc2)nc1)N1CCC(C(=O)OC)CC1. The molecule has 1 N–H and O–H groups in total. The summed E-state index contributed by atoms with van der Waals surface area (Å²) in [6.07, 6.45) is 3.33. The van der Waals surface area contributed by atoms with Gasteiger partial charge in [0.15, 0.2) is 5.96 Å². The minimum atomic E-state index is -0.119. The molecule has 8 nitrogen and oxygen atoms in total. The van der Waals surface area contributed by atoms with Crippen LogP contribution in [0.4, 0.5) is 0 Å². The fraction of sp³-hybridized carbons (Fsp3) is 0.458. The second kappa shape index (κ2) is 12.5. The number of nitrogens with one attached hydrogen (secondary N) is 1. The van der Waals surface area contributed by atoms with Gasteiger partial charge in [0.2, 0.25) is 5.88 Å². The van der Waals surface area contributed by atoms with Gasteiger partial charge in [-0.05, 0) is 37.5 Å². The Kier molecular flexibility index (Phi) is 9.16. The van der Waals surface area contributed by atoms with Crippen LogP contribution in [0.15, 0.2) is 53.7 Å². The van der Waals surface area contributed by atoms with E-state index in [4.69, 9.17) is 19.2 Å². The number of ether oxygens (including phenoxy) is 3. The fourth-order valence-electron chi connectivity index (χ4n) is 3.50. The highest BCUT2D eigenvalue weighted by molar-refractivity contribution is 5.80. The van der Waals surface area contributed by atoms with Crippen molar-refractivity contribution in [3.8, 4) is 11.6 Å². The van der Waals surface area contributed by atoms with E-state index in [2.05, 4.69) is 15.2 Å². The lowest BCUT2D eigenvalue weighted by molar-refractivity contribution is -0.146. The van der Waals surface area contributed by atoms with Gasteiger partial charge in [-0.1, -0.05) is 24.3 Å². The fourth-order valence-corrected chi connectivity index (χ4v) is 3.50. The van der Waals surface area contributed by atoms with E-state index in [-0.39, 0.29) is 11.9 Å². The molecule has 1 fully saturated rings. The lowest BCUT2D eigenvalue weighted by Gasteiger charge is -2.33. The molecule has 8 heteroatoms. The van der Waals surface area contributed by atoms with Crippen molar-refractivity contribution >= 4 is 11.9 Å². The molecule has 3 rings (SSSR count). The molecule has 0 amide bonds. The van der Waals surface area contributed by atoms with Gasteiger partial charge in [0.25, 0.3) is 0 Å². The quantitative estimate of drug-likeness (QED) is 0.278. The van der Waals surface area contributed by atoms with E-state index < -0.39 is 0 Å². The van der Waals surface area contributed by atoms with Gasteiger partial charge in [-0.15, -0.1) is 0 Å². The summed E-state index contributed by atoms with van der Waals surface area (Å²) in [5.74, 6) is 2.10. The molecule has 1 aromatic carbocycles. The minimum Gasteiger partial charge on any atom is -0.490 e. The molecule has 0 unspecified atom stereocenters. The van der Waals surface area contributed by atoms with Gasteiger partial charge in [-0.25, -0.2) is 9.98 Å². The number of carbonyl (C=O) groups is 1. The Bertz CT molecular complexity index is 850. The molecule has 0 atom stereocenters. The number of guanidine groups is 1. The zero-order chi connectivity index (χ0) is 22.6. The molecule has 0 saturated carbocycles. The second-order valence-corrected chi connectivity index (χ2v) is 7.47. The summed E-state index contributed by atoms with van der Waals surface area (Å²) in [5, 5.41) is 3.34. The summed E-state index contributed by atoms with van der Waals surface area (Å²) < 4.78 is 16.1. The van der Waals surface area contributed by atoms with Crippen molar-refractivity contribution in [2.45, 2.75) is 26.3 Å². The van der Waals surface area contributed by atoms with Gasteiger partial charge < -0.3 is 24.4 Å². The van der Waals surface area contributed by atoms with Crippen LogP contribution in [0.25, 0.3) is 0 Å². The first kappa shape index (κ1) is 23.4. The van der Waals surface area contributed by atoms with Gasteiger partial charge in [0.1, 0.15) is 19.0 Å². The first-order chi connectivity index (χ1) is 15.7. The van der Waals surface area contributed by atoms with Crippen molar-refractivity contribution in [2.24, 2.45) is 10.9 Å². The molecule has 172 valence electrons. The molecule has 2 aromatic rings. The monoisotopic (exact) mass is 440 g/mol. The van der Waals surface area contributed by atoms with E-state index in [0.717, 1.165) is 49.7 Å². The molecular weight excluding hydrogens is 408 g/mol.